The van der Waals surface area contributed by atoms with Crippen molar-refractivity contribution in [3.05, 3.63) is 33.8 Å². The largest absolute Gasteiger partial charge is 0.449 e. The van der Waals surface area contributed by atoms with Crippen LogP contribution in [0.1, 0.15) is 19.4 Å². The summed E-state index contributed by atoms with van der Waals surface area (Å²) in [6.45, 7) is 3.29. The molecule has 0 aromatic heterocycles. The number of hydrogen-bond acceptors (Lipinski definition) is 3. The van der Waals surface area contributed by atoms with Crippen LogP contribution in [0.2, 0.25) is 10.0 Å². The third-order valence-corrected chi connectivity index (χ3v) is 2.93. The van der Waals surface area contributed by atoms with Crippen LogP contribution in [0.25, 0.3) is 0 Å². The Kier molecular flexibility index (Phi) is 5.44. The minimum absolute atomic E-state index is 0.102. The van der Waals surface area contributed by atoms with E-state index in [1.807, 2.05) is 0 Å². The monoisotopic (exact) mass is 289 g/mol. The molecule has 4 nitrogen and oxygen atoms in total. The van der Waals surface area contributed by atoms with E-state index < -0.39 is 6.09 Å². The van der Waals surface area contributed by atoms with Gasteiger partial charge in [0.2, 0.25) is 5.91 Å². The van der Waals surface area contributed by atoms with Gasteiger partial charge in [-0.15, -0.1) is 0 Å². The smallest absolute Gasteiger partial charge is 0.416 e. The number of ether oxygens (including phenoxy) is 1. The van der Waals surface area contributed by atoms with Crippen LogP contribution in [0, 0.1) is 0 Å². The van der Waals surface area contributed by atoms with Gasteiger partial charge in [-0.25, -0.2) is 9.69 Å². The highest BCUT2D eigenvalue weighted by Gasteiger charge is 2.19. The van der Waals surface area contributed by atoms with E-state index in [4.69, 9.17) is 27.9 Å². The summed E-state index contributed by atoms with van der Waals surface area (Å²) in [5, 5.41) is 0.799. The van der Waals surface area contributed by atoms with Crippen molar-refractivity contribution in [2.75, 3.05) is 6.61 Å². The lowest BCUT2D eigenvalue weighted by Gasteiger charge is -2.18. The van der Waals surface area contributed by atoms with E-state index in [1.165, 1.54) is 6.92 Å². The van der Waals surface area contributed by atoms with Gasteiger partial charge in [0.1, 0.15) is 0 Å². The van der Waals surface area contributed by atoms with E-state index in [1.54, 1.807) is 25.1 Å². The van der Waals surface area contributed by atoms with Gasteiger partial charge < -0.3 is 4.74 Å². The molecule has 6 heteroatoms. The number of halogens is 2. The number of nitrogens with zero attached hydrogens (tertiary/aromatic N) is 1. The summed E-state index contributed by atoms with van der Waals surface area (Å²) in [5.74, 6) is -0.389. The molecule has 0 unspecified atom stereocenters. The van der Waals surface area contributed by atoms with Crippen molar-refractivity contribution in [1.82, 2.24) is 4.90 Å². The molecular formula is C12H13Cl2NO3. The number of rotatable bonds is 3. The number of amides is 2. The lowest BCUT2D eigenvalue weighted by molar-refractivity contribution is -0.127. The Labute approximate surface area is 115 Å². The maximum absolute atomic E-state index is 11.6. The molecule has 0 fully saturated rings. The van der Waals surface area contributed by atoms with Gasteiger partial charge in [0.15, 0.2) is 0 Å². The Morgan fingerprint density at radius 3 is 2.44 bits per heavy atom. The molecule has 0 saturated carbocycles. The van der Waals surface area contributed by atoms with Gasteiger partial charge in [0.05, 0.1) is 23.2 Å². The quantitative estimate of drug-likeness (QED) is 0.856. The first-order chi connectivity index (χ1) is 8.45. The lowest BCUT2D eigenvalue weighted by Crippen LogP contribution is -2.35. The summed E-state index contributed by atoms with van der Waals surface area (Å²) in [4.78, 5) is 24.0. The predicted molar refractivity (Wildman–Crippen MR) is 69.7 cm³/mol. The van der Waals surface area contributed by atoms with Crippen molar-refractivity contribution < 1.29 is 14.3 Å². The van der Waals surface area contributed by atoms with Crippen LogP contribution >= 0.6 is 23.2 Å². The topological polar surface area (TPSA) is 46.6 Å². The summed E-state index contributed by atoms with van der Waals surface area (Å²) >= 11 is 11.7. The van der Waals surface area contributed by atoms with Gasteiger partial charge in [-0.05, 0) is 24.6 Å². The molecule has 0 heterocycles. The first-order valence-corrected chi connectivity index (χ1v) is 6.10. The fraction of sp³-hybridized carbons (Fsp3) is 0.333. The molecule has 1 rings (SSSR count). The maximum atomic E-state index is 11.6. The van der Waals surface area contributed by atoms with Crippen molar-refractivity contribution in [3.63, 3.8) is 0 Å². The fourth-order valence-electron chi connectivity index (χ4n) is 1.33. The van der Waals surface area contributed by atoms with E-state index in [0.717, 1.165) is 4.90 Å². The normalized spacial score (nSPS) is 10.0. The molecule has 2 amide bonds. The second-order valence-electron chi connectivity index (χ2n) is 3.55. The third-order valence-electron chi connectivity index (χ3n) is 2.19. The van der Waals surface area contributed by atoms with E-state index in [-0.39, 0.29) is 19.1 Å². The van der Waals surface area contributed by atoms with Gasteiger partial charge in [0, 0.05) is 6.92 Å². The standard InChI is InChI=1S/C12H13Cl2NO3/c1-3-18-12(17)15(8(2)16)7-9-4-5-10(13)11(14)6-9/h4-6H,3,7H2,1-2H3. The Hall–Kier alpha value is -1.26. The molecule has 0 aliphatic carbocycles. The zero-order valence-electron chi connectivity index (χ0n) is 10.1. The number of benzene rings is 1. The Morgan fingerprint density at radius 2 is 1.94 bits per heavy atom. The van der Waals surface area contributed by atoms with Crippen molar-refractivity contribution >= 4 is 35.2 Å². The summed E-state index contributed by atoms with van der Waals surface area (Å²) in [7, 11) is 0. The van der Waals surface area contributed by atoms with E-state index in [2.05, 4.69) is 0 Å². The summed E-state index contributed by atoms with van der Waals surface area (Å²) < 4.78 is 4.80. The molecule has 0 bridgehead atoms. The van der Waals surface area contributed by atoms with Crippen LogP contribution in [0.15, 0.2) is 18.2 Å². The molecule has 0 saturated heterocycles. The van der Waals surface area contributed by atoms with Gasteiger partial charge in [0.25, 0.3) is 0 Å². The number of carbonyl (C=O) groups is 2. The van der Waals surface area contributed by atoms with E-state index in [0.29, 0.717) is 15.6 Å². The first kappa shape index (κ1) is 14.8. The SMILES string of the molecule is CCOC(=O)N(Cc1ccc(Cl)c(Cl)c1)C(C)=O. The summed E-state index contributed by atoms with van der Waals surface area (Å²) in [6.07, 6.45) is -0.670. The minimum atomic E-state index is -0.670. The van der Waals surface area contributed by atoms with Crippen molar-refractivity contribution in [3.8, 4) is 0 Å². The zero-order chi connectivity index (χ0) is 13.7. The second kappa shape index (κ2) is 6.61. The van der Waals surface area contributed by atoms with Crippen LogP contribution < -0.4 is 0 Å². The fourth-order valence-corrected chi connectivity index (χ4v) is 1.65. The zero-order valence-corrected chi connectivity index (χ0v) is 11.6. The minimum Gasteiger partial charge on any atom is -0.449 e. The molecular weight excluding hydrogens is 277 g/mol. The average Bonchev–Trinajstić information content (AvgIpc) is 2.30. The van der Waals surface area contributed by atoms with Crippen LogP contribution in [-0.4, -0.2) is 23.5 Å². The van der Waals surface area contributed by atoms with Crippen LogP contribution in [-0.2, 0) is 16.1 Å². The molecule has 1 aromatic carbocycles. The Morgan fingerprint density at radius 1 is 1.28 bits per heavy atom. The van der Waals surface area contributed by atoms with Crippen LogP contribution in [0.4, 0.5) is 4.79 Å². The van der Waals surface area contributed by atoms with Gasteiger partial charge >= 0.3 is 6.09 Å². The van der Waals surface area contributed by atoms with Gasteiger partial charge in [-0.3, -0.25) is 4.79 Å². The van der Waals surface area contributed by atoms with Crippen LogP contribution in [0.3, 0.4) is 0 Å². The first-order valence-electron chi connectivity index (χ1n) is 5.34. The highest BCUT2D eigenvalue weighted by molar-refractivity contribution is 6.42. The molecule has 1 aromatic rings. The number of imide groups is 1. The van der Waals surface area contributed by atoms with Gasteiger partial charge in [-0.2, -0.15) is 0 Å². The van der Waals surface area contributed by atoms with Crippen LogP contribution in [0.5, 0.6) is 0 Å². The van der Waals surface area contributed by atoms with Crippen molar-refractivity contribution in [1.29, 1.82) is 0 Å². The van der Waals surface area contributed by atoms with Crippen molar-refractivity contribution in [2.24, 2.45) is 0 Å². The highest BCUT2D eigenvalue weighted by atomic mass is 35.5. The molecule has 0 aliphatic heterocycles. The van der Waals surface area contributed by atoms with Crippen molar-refractivity contribution in [2.45, 2.75) is 20.4 Å². The van der Waals surface area contributed by atoms with E-state index >= 15 is 0 Å². The molecule has 98 valence electrons. The number of carbonyl (C=O) groups excluding carboxylic acids is 2. The summed E-state index contributed by atoms with van der Waals surface area (Å²) in [6, 6.07) is 4.92. The second-order valence-corrected chi connectivity index (χ2v) is 4.37. The third kappa shape index (κ3) is 3.89. The predicted octanol–water partition coefficient (Wildman–Crippen LogP) is 3.50. The molecule has 0 spiro atoms. The average molecular weight is 290 g/mol. The number of hydrogen-bond donors (Lipinski definition) is 0. The molecule has 18 heavy (non-hydrogen) atoms. The Bertz CT molecular complexity index is 463. The molecule has 0 N–H and O–H groups in total. The van der Waals surface area contributed by atoms with E-state index in [9.17, 15) is 9.59 Å². The Balaban J connectivity index is 2.86. The van der Waals surface area contributed by atoms with Gasteiger partial charge in [-0.1, -0.05) is 29.3 Å². The molecule has 0 atom stereocenters. The lowest BCUT2D eigenvalue weighted by atomic mass is 10.2. The molecule has 0 aliphatic rings. The highest BCUT2D eigenvalue weighted by Crippen LogP contribution is 2.23. The molecule has 0 radical (unpaired) electrons. The summed E-state index contributed by atoms with van der Waals surface area (Å²) in [5.41, 5.74) is 0.702. The maximum Gasteiger partial charge on any atom is 0.416 e.